The lowest BCUT2D eigenvalue weighted by atomic mass is 10.1. The third-order valence-corrected chi connectivity index (χ3v) is 3.15. The van der Waals surface area contributed by atoms with Crippen LogP contribution in [-0.4, -0.2) is 17.0 Å². The van der Waals surface area contributed by atoms with Crippen LogP contribution in [0.1, 0.15) is 18.5 Å². The maximum Gasteiger partial charge on any atom is 0.224 e. The van der Waals surface area contributed by atoms with Gasteiger partial charge in [-0.15, -0.1) is 0 Å². The van der Waals surface area contributed by atoms with Gasteiger partial charge in [-0.2, -0.15) is 4.98 Å². The molecule has 3 nitrogen and oxygen atoms in total. The molecule has 1 unspecified atom stereocenters. The van der Waals surface area contributed by atoms with E-state index in [0.29, 0.717) is 5.56 Å². The van der Waals surface area contributed by atoms with Crippen molar-refractivity contribution in [2.24, 2.45) is 0 Å². The van der Waals surface area contributed by atoms with E-state index in [1.165, 1.54) is 11.0 Å². The largest absolute Gasteiger partial charge is 0.350 e. The average Bonchev–Trinajstić information content (AvgIpc) is 2.40. The first kappa shape index (κ1) is 13.7. The fourth-order valence-corrected chi connectivity index (χ4v) is 1.92. The molecule has 0 spiro atoms. The molecule has 0 aliphatic heterocycles. The predicted octanol–water partition coefficient (Wildman–Crippen LogP) is 3.61. The van der Waals surface area contributed by atoms with Gasteiger partial charge in [-0.1, -0.05) is 18.2 Å². The van der Waals surface area contributed by atoms with Gasteiger partial charge in [-0.05, 0) is 24.6 Å². The van der Waals surface area contributed by atoms with Crippen molar-refractivity contribution < 1.29 is 8.78 Å². The van der Waals surface area contributed by atoms with Gasteiger partial charge < -0.3 is 4.90 Å². The Kier molecular flexibility index (Phi) is 3.95. The molecule has 2 rings (SSSR count). The molecule has 19 heavy (non-hydrogen) atoms. The zero-order chi connectivity index (χ0) is 14.0. The van der Waals surface area contributed by atoms with Crippen molar-refractivity contribution in [2.75, 3.05) is 11.9 Å². The minimum absolute atomic E-state index is 0.0377. The molecule has 0 fully saturated rings. The van der Waals surface area contributed by atoms with Crippen LogP contribution >= 0.6 is 11.6 Å². The number of rotatable bonds is 3. The topological polar surface area (TPSA) is 29.0 Å². The average molecular weight is 284 g/mol. The van der Waals surface area contributed by atoms with E-state index in [2.05, 4.69) is 9.97 Å². The van der Waals surface area contributed by atoms with E-state index in [-0.39, 0.29) is 23.0 Å². The van der Waals surface area contributed by atoms with Crippen LogP contribution in [0.2, 0.25) is 5.28 Å². The summed E-state index contributed by atoms with van der Waals surface area (Å²) < 4.78 is 27.4. The van der Waals surface area contributed by atoms with Crippen molar-refractivity contribution in [3.05, 3.63) is 52.9 Å². The Labute approximate surface area is 114 Å². The van der Waals surface area contributed by atoms with Gasteiger partial charge in [-0.25, -0.2) is 13.8 Å². The first-order valence-corrected chi connectivity index (χ1v) is 6.04. The van der Waals surface area contributed by atoms with Gasteiger partial charge >= 0.3 is 0 Å². The zero-order valence-electron chi connectivity index (χ0n) is 10.4. The van der Waals surface area contributed by atoms with E-state index < -0.39 is 5.82 Å². The molecule has 1 aromatic carbocycles. The summed E-state index contributed by atoms with van der Waals surface area (Å²) in [7, 11) is 1.62. The summed E-state index contributed by atoms with van der Waals surface area (Å²) in [6.07, 6.45) is 0.995. The standard InChI is InChI=1S/C13H12ClF2N3/c1-8(9-5-3-4-6-10(9)15)19(2)12-11(16)7-17-13(14)18-12/h3-8H,1-2H3. The highest BCUT2D eigenvalue weighted by molar-refractivity contribution is 6.28. The minimum Gasteiger partial charge on any atom is -0.350 e. The fraction of sp³-hybridized carbons (Fsp3) is 0.231. The summed E-state index contributed by atoms with van der Waals surface area (Å²) in [6.45, 7) is 1.76. The number of halogens is 3. The van der Waals surface area contributed by atoms with Crippen molar-refractivity contribution in [2.45, 2.75) is 13.0 Å². The summed E-state index contributed by atoms with van der Waals surface area (Å²) in [5.74, 6) is -0.909. The molecule has 0 radical (unpaired) electrons. The maximum atomic E-state index is 13.7. The summed E-state index contributed by atoms with van der Waals surface area (Å²) in [6, 6.07) is 5.96. The number of benzene rings is 1. The first-order valence-electron chi connectivity index (χ1n) is 5.66. The molecule has 0 bridgehead atoms. The second-order valence-corrected chi connectivity index (χ2v) is 4.46. The Morgan fingerprint density at radius 3 is 2.58 bits per heavy atom. The van der Waals surface area contributed by atoms with E-state index in [1.54, 1.807) is 32.2 Å². The molecule has 1 heterocycles. The van der Waals surface area contributed by atoms with Crippen molar-refractivity contribution in [3.63, 3.8) is 0 Å². The zero-order valence-corrected chi connectivity index (χ0v) is 11.2. The minimum atomic E-state index is -0.602. The Bertz CT molecular complexity index is 592. The molecular weight excluding hydrogens is 272 g/mol. The van der Waals surface area contributed by atoms with Gasteiger partial charge in [0.1, 0.15) is 5.82 Å². The molecule has 2 aromatic rings. The first-order chi connectivity index (χ1) is 9.00. The second-order valence-electron chi connectivity index (χ2n) is 4.12. The van der Waals surface area contributed by atoms with Gasteiger partial charge in [0.05, 0.1) is 12.2 Å². The van der Waals surface area contributed by atoms with Crippen LogP contribution < -0.4 is 4.90 Å². The monoisotopic (exact) mass is 283 g/mol. The highest BCUT2D eigenvalue weighted by Crippen LogP contribution is 2.27. The number of aromatic nitrogens is 2. The van der Waals surface area contributed by atoms with Crippen LogP contribution in [0, 0.1) is 11.6 Å². The van der Waals surface area contributed by atoms with Gasteiger partial charge in [-0.3, -0.25) is 0 Å². The van der Waals surface area contributed by atoms with Crippen LogP contribution in [0.5, 0.6) is 0 Å². The normalized spacial score (nSPS) is 12.3. The Hall–Kier alpha value is -1.75. The highest BCUT2D eigenvalue weighted by atomic mass is 35.5. The van der Waals surface area contributed by atoms with Crippen molar-refractivity contribution in [1.29, 1.82) is 0 Å². The van der Waals surface area contributed by atoms with Gasteiger partial charge in [0.2, 0.25) is 5.28 Å². The van der Waals surface area contributed by atoms with Gasteiger partial charge in [0.25, 0.3) is 0 Å². The van der Waals surface area contributed by atoms with Crippen molar-refractivity contribution in [1.82, 2.24) is 9.97 Å². The molecular formula is C13H12ClF2N3. The molecule has 1 aromatic heterocycles. The van der Waals surface area contributed by atoms with Crippen molar-refractivity contribution in [3.8, 4) is 0 Å². The number of nitrogens with zero attached hydrogens (tertiary/aromatic N) is 3. The van der Waals surface area contributed by atoms with Gasteiger partial charge in [0, 0.05) is 12.6 Å². The van der Waals surface area contributed by atoms with E-state index in [0.717, 1.165) is 6.20 Å². The van der Waals surface area contributed by atoms with Gasteiger partial charge in [0.15, 0.2) is 11.6 Å². The molecule has 100 valence electrons. The quantitative estimate of drug-likeness (QED) is 0.806. The van der Waals surface area contributed by atoms with E-state index in [9.17, 15) is 8.78 Å². The molecule has 6 heteroatoms. The molecule has 1 atom stereocenters. The molecule has 0 N–H and O–H groups in total. The lowest BCUT2D eigenvalue weighted by molar-refractivity contribution is 0.568. The third-order valence-electron chi connectivity index (χ3n) is 2.97. The van der Waals surface area contributed by atoms with Crippen molar-refractivity contribution >= 4 is 17.4 Å². The number of hydrogen-bond acceptors (Lipinski definition) is 3. The summed E-state index contributed by atoms with van der Waals surface area (Å²) >= 11 is 5.65. The predicted molar refractivity (Wildman–Crippen MR) is 70.2 cm³/mol. The number of hydrogen-bond donors (Lipinski definition) is 0. The third kappa shape index (κ3) is 2.81. The molecule has 0 amide bonds. The van der Waals surface area contributed by atoms with E-state index in [4.69, 9.17) is 11.6 Å². The molecule has 0 aliphatic rings. The molecule has 0 saturated carbocycles. The van der Waals surface area contributed by atoms with Crippen LogP contribution in [0.3, 0.4) is 0 Å². The lowest BCUT2D eigenvalue weighted by Gasteiger charge is -2.26. The Morgan fingerprint density at radius 2 is 1.89 bits per heavy atom. The lowest BCUT2D eigenvalue weighted by Crippen LogP contribution is -2.24. The Morgan fingerprint density at radius 1 is 1.21 bits per heavy atom. The van der Waals surface area contributed by atoms with Crippen LogP contribution in [0.25, 0.3) is 0 Å². The fourth-order valence-electron chi connectivity index (χ4n) is 1.79. The maximum absolute atomic E-state index is 13.7. The summed E-state index contributed by atoms with van der Waals surface area (Å²) in [4.78, 5) is 8.90. The Balaban J connectivity index is 2.36. The highest BCUT2D eigenvalue weighted by Gasteiger charge is 2.20. The van der Waals surface area contributed by atoms with Crippen LogP contribution in [0.4, 0.5) is 14.6 Å². The number of anilines is 1. The second kappa shape index (κ2) is 5.48. The van der Waals surface area contributed by atoms with E-state index >= 15 is 0 Å². The summed E-state index contributed by atoms with van der Waals surface area (Å²) in [5.41, 5.74) is 0.458. The van der Waals surface area contributed by atoms with Crippen LogP contribution in [0.15, 0.2) is 30.5 Å². The SMILES string of the molecule is CC(c1ccccc1F)N(C)c1nc(Cl)ncc1F. The smallest absolute Gasteiger partial charge is 0.224 e. The van der Waals surface area contributed by atoms with E-state index in [1.807, 2.05) is 0 Å². The van der Waals surface area contributed by atoms with Crippen LogP contribution in [-0.2, 0) is 0 Å². The molecule has 0 aliphatic carbocycles. The molecule has 0 saturated heterocycles. The summed E-state index contributed by atoms with van der Waals surface area (Å²) in [5, 5.41) is -0.0519.